The summed E-state index contributed by atoms with van der Waals surface area (Å²) in [5, 5.41) is 3.11. The van der Waals surface area contributed by atoms with Crippen molar-refractivity contribution in [1.29, 1.82) is 0 Å². The first-order chi connectivity index (χ1) is 14.7. The van der Waals surface area contributed by atoms with E-state index in [0.717, 1.165) is 30.0 Å². The Hall–Kier alpha value is -2.72. The topological polar surface area (TPSA) is 86.8 Å². The third-order valence-corrected chi connectivity index (χ3v) is 6.52. The second kappa shape index (κ2) is 9.61. The number of anilines is 1. The Bertz CT molecular complexity index is 1060. The first kappa shape index (κ1) is 23.0. The van der Waals surface area contributed by atoms with E-state index in [9.17, 15) is 26.8 Å². The summed E-state index contributed by atoms with van der Waals surface area (Å²) < 4.78 is 48.0. The van der Waals surface area contributed by atoms with Gasteiger partial charge in [0.2, 0.25) is 15.7 Å². The zero-order chi connectivity index (χ0) is 22.6. The number of halogens is 3. The number of hydrogen-bond acceptors (Lipinski definition) is 5. The van der Waals surface area contributed by atoms with Gasteiger partial charge in [-0.15, -0.1) is 0 Å². The molecule has 0 saturated carbocycles. The molecule has 2 aromatic rings. The molecule has 1 aliphatic heterocycles. The first-order valence-corrected chi connectivity index (χ1v) is 11.3. The highest BCUT2D eigenvalue weighted by Gasteiger charge is 2.26. The first-order valence-electron chi connectivity index (χ1n) is 9.37. The minimum Gasteiger partial charge on any atom is -0.368 e. The van der Waals surface area contributed by atoms with E-state index in [0.29, 0.717) is 31.2 Å². The lowest BCUT2D eigenvalue weighted by Crippen LogP contribution is -2.51. The van der Waals surface area contributed by atoms with Gasteiger partial charge in [-0.05, 0) is 42.5 Å². The van der Waals surface area contributed by atoms with Gasteiger partial charge in [0.05, 0.1) is 11.4 Å². The van der Waals surface area contributed by atoms with Gasteiger partial charge in [-0.3, -0.25) is 9.59 Å². The minimum atomic E-state index is -4.72. The van der Waals surface area contributed by atoms with Crippen molar-refractivity contribution < 1.29 is 26.8 Å². The van der Waals surface area contributed by atoms with Crippen LogP contribution in [0.25, 0.3) is 0 Å². The molecule has 1 N–H and O–H groups in total. The van der Waals surface area contributed by atoms with E-state index < -0.39 is 26.4 Å². The molecule has 166 valence electrons. The average Bonchev–Trinajstić information content (AvgIpc) is 2.77. The molecule has 2 aromatic carbocycles. The number of piperazine rings is 1. The van der Waals surface area contributed by atoms with Crippen molar-refractivity contribution in [2.24, 2.45) is 0 Å². The van der Waals surface area contributed by atoms with Crippen LogP contribution in [0.15, 0.2) is 53.4 Å². The molecular weight excluding hydrogens is 452 g/mol. The zero-order valence-electron chi connectivity index (χ0n) is 16.3. The van der Waals surface area contributed by atoms with E-state index in [1.54, 1.807) is 11.0 Å². The minimum absolute atomic E-state index is 0.0618. The molecule has 0 atom stereocenters. The van der Waals surface area contributed by atoms with Crippen LogP contribution >= 0.6 is 11.6 Å². The summed E-state index contributed by atoms with van der Waals surface area (Å²) in [5.74, 6) is -4.40. The van der Waals surface area contributed by atoms with E-state index in [-0.39, 0.29) is 18.0 Å². The molecule has 0 bridgehead atoms. The third-order valence-electron chi connectivity index (χ3n) is 4.89. The van der Waals surface area contributed by atoms with Crippen LogP contribution in [0.5, 0.6) is 0 Å². The summed E-state index contributed by atoms with van der Waals surface area (Å²) in [7, 11) is -4.72. The number of amides is 2. The van der Waals surface area contributed by atoms with E-state index in [4.69, 9.17) is 11.6 Å². The molecule has 1 heterocycles. The maximum atomic E-state index is 12.6. The highest BCUT2D eigenvalue weighted by atomic mass is 35.5. The Morgan fingerprint density at radius 2 is 1.68 bits per heavy atom. The summed E-state index contributed by atoms with van der Waals surface area (Å²) in [6, 6.07) is 11.6. The van der Waals surface area contributed by atoms with Crippen LogP contribution in [0.4, 0.5) is 14.5 Å². The Morgan fingerprint density at radius 3 is 2.26 bits per heavy atom. The second-order valence-corrected chi connectivity index (χ2v) is 9.21. The maximum absolute atomic E-state index is 12.6. The molecule has 1 fully saturated rings. The van der Waals surface area contributed by atoms with Crippen LogP contribution in [0.1, 0.15) is 10.4 Å². The van der Waals surface area contributed by atoms with E-state index in [2.05, 4.69) is 10.2 Å². The molecule has 3 rings (SSSR count). The van der Waals surface area contributed by atoms with Crippen molar-refractivity contribution >= 4 is 38.9 Å². The number of rotatable bonds is 6. The predicted molar refractivity (Wildman–Crippen MR) is 112 cm³/mol. The number of hydrogen-bond donors (Lipinski definition) is 1. The molecule has 0 radical (unpaired) electrons. The van der Waals surface area contributed by atoms with Crippen molar-refractivity contribution in [3.63, 3.8) is 0 Å². The molecule has 0 spiro atoms. The van der Waals surface area contributed by atoms with Crippen LogP contribution < -0.4 is 10.2 Å². The number of benzene rings is 2. The number of nitrogens with zero attached hydrogens (tertiary/aromatic N) is 2. The van der Waals surface area contributed by atoms with Crippen LogP contribution in [-0.2, 0) is 14.6 Å². The summed E-state index contributed by atoms with van der Waals surface area (Å²) >= 11 is 6.01. The number of carbonyl (C=O) groups is 2. The fourth-order valence-electron chi connectivity index (χ4n) is 3.16. The van der Waals surface area contributed by atoms with Gasteiger partial charge in [0, 0.05) is 42.5 Å². The lowest BCUT2D eigenvalue weighted by molar-refractivity contribution is -0.130. The molecule has 1 saturated heterocycles. The monoisotopic (exact) mass is 471 g/mol. The van der Waals surface area contributed by atoms with Gasteiger partial charge in [-0.2, -0.15) is 8.78 Å². The van der Waals surface area contributed by atoms with Crippen molar-refractivity contribution in [1.82, 2.24) is 10.2 Å². The Morgan fingerprint density at radius 1 is 1.03 bits per heavy atom. The van der Waals surface area contributed by atoms with Crippen LogP contribution in [0, 0.1) is 0 Å². The largest absolute Gasteiger partial charge is 0.368 e. The highest BCUT2D eigenvalue weighted by molar-refractivity contribution is 7.91. The predicted octanol–water partition coefficient (Wildman–Crippen LogP) is 2.41. The number of nitrogens with one attached hydrogen (secondary N) is 1. The fraction of sp³-hybridized carbons (Fsp3) is 0.300. The Labute approximate surface area is 183 Å². The molecule has 0 aromatic heterocycles. The van der Waals surface area contributed by atoms with Crippen LogP contribution in [0.2, 0.25) is 5.02 Å². The van der Waals surface area contributed by atoms with Crippen molar-refractivity contribution in [2.45, 2.75) is 10.7 Å². The second-order valence-electron chi connectivity index (χ2n) is 6.86. The fourth-order valence-corrected chi connectivity index (χ4v) is 4.06. The van der Waals surface area contributed by atoms with Gasteiger partial charge in [0.1, 0.15) is 0 Å². The standard InChI is InChI=1S/C20H20ClF2N3O4S/c21-15-2-1-3-16(12-15)25-8-10-26(11-9-25)18(27)13-24-19(28)14-4-6-17(7-5-14)31(29,30)20(22)23/h1-7,12,20H,8-11,13H2,(H,24,28). The van der Waals surface area contributed by atoms with E-state index in [1.165, 1.54) is 0 Å². The number of alkyl halides is 2. The molecule has 0 unspecified atom stereocenters. The molecule has 11 heteroatoms. The summed E-state index contributed by atoms with van der Waals surface area (Å²) in [6.07, 6.45) is 0. The van der Waals surface area contributed by atoms with Crippen molar-refractivity contribution in [2.75, 3.05) is 37.6 Å². The van der Waals surface area contributed by atoms with Crippen molar-refractivity contribution in [3.05, 3.63) is 59.1 Å². The summed E-state index contributed by atoms with van der Waals surface area (Å²) in [4.78, 5) is 27.8. The smallest absolute Gasteiger partial charge is 0.341 e. The van der Waals surface area contributed by atoms with Gasteiger partial charge >= 0.3 is 5.76 Å². The average molecular weight is 472 g/mol. The van der Waals surface area contributed by atoms with E-state index in [1.807, 2.05) is 18.2 Å². The third kappa shape index (κ3) is 5.50. The van der Waals surface area contributed by atoms with Crippen LogP contribution in [0.3, 0.4) is 0 Å². The normalized spacial score (nSPS) is 14.6. The SMILES string of the molecule is O=C(NCC(=O)N1CCN(c2cccc(Cl)c2)CC1)c1ccc(S(=O)(=O)C(F)F)cc1. The number of carbonyl (C=O) groups excluding carboxylic acids is 2. The molecule has 0 aliphatic carbocycles. The zero-order valence-corrected chi connectivity index (χ0v) is 17.9. The molecule has 7 nitrogen and oxygen atoms in total. The maximum Gasteiger partial charge on any atom is 0.341 e. The van der Waals surface area contributed by atoms with Crippen molar-refractivity contribution in [3.8, 4) is 0 Å². The lowest BCUT2D eigenvalue weighted by Gasteiger charge is -2.36. The van der Waals surface area contributed by atoms with Crippen LogP contribution in [-0.4, -0.2) is 63.6 Å². The molecule has 31 heavy (non-hydrogen) atoms. The Kier molecular flexibility index (Phi) is 7.11. The van der Waals surface area contributed by atoms with E-state index >= 15 is 0 Å². The Balaban J connectivity index is 1.50. The number of sulfone groups is 1. The summed E-state index contributed by atoms with van der Waals surface area (Å²) in [6.45, 7) is 2.00. The van der Waals surface area contributed by atoms with Gasteiger partial charge < -0.3 is 15.1 Å². The van der Waals surface area contributed by atoms with Gasteiger partial charge in [0.25, 0.3) is 5.91 Å². The molecule has 1 aliphatic rings. The van der Waals surface area contributed by atoms with Gasteiger partial charge in [0.15, 0.2) is 0 Å². The molecular formula is C20H20ClF2N3O4S. The van der Waals surface area contributed by atoms with Gasteiger partial charge in [-0.25, -0.2) is 8.42 Å². The summed E-state index contributed by atoms with van der Waals surface area (Å²) in [5.41, 5.74) is 1.04. The van der Waals surface area contributed by atoms with Gasteiger partial charge in [-0.1, -0.05) is 17.7 Å². The quantitative estimate of drug-likeness (QED) is 0.699. The highest BCUT2D eigenvalue weighted by Crippen LogP contribution is 2.21. The molecule has 2 amide bonds. The lowest BCUT2D eigenvalue weighted by atomic mass is 10.2.